The third-order valence-corrected chi connectivity index (χ3v) is 6.26. The van der Waals surface area contributed by atoms with E-state index in [4.69, 9.17) is 10.5 Å². The summed E-state index contributed by atoms with van der Waals surface area (Å²) >= 11 is 0. The first kappa shape index (κ1) is 16.8. The Morgan fingerprint density at radius 1 is 1.29 bits per heavy atom. The first-order valence-electron chi connectivity index (χ1n) is 8.31. The van der Waals surface area contributed by atoms with Gasteiger partial charge >= 0.3 is 0 Å². The highest BCUT2D eigenvalue weighted by Gasteiger charge is 2.47. The summed E-state index contributed by atoms with van der Waals surface area (Å²) in [5.74, 6) is 0.770. The number of methoxy groups -OCH3 is 1. The summed E-state index contributed by atoms with van der Waals surface area (Å²) in [7, 11) is 1.75. The van der Waals surface area contributed by atoms with Crippen LogP contribution in [0.15, 0.2) is 0 Å². The van der Waals surface area contributed by atoms with Crippen LogP contribution >= 0.6 is 0 Å². The topological polar surface area (TPSA) is 55.6 Å². The molecule has 122 valence electrons. The van der Waals surface area contributed by atoms with E-state index in [1.807, 2.05) is 4.90 Å². The number of likely N-dealkylation sites (tertiary alicyclic amines) is 1. The lowest BCUT2D eigenvalue weighted by atomic mass is 9.60. The first-order chi connectivity index (χ1) is 9.71. The van der Waals surface area contributed by atoms with Gasteiger partial charge in [0.25, 0.3) is 0 Å². The second kappa shape index (κ2) is 5.88. The second-order valence-corrected chi connectivity index (χ2v) is 7.92. The molecule has 1 saturated heterocycles. The minimum Gasteiger partial charge on any atom is -0.377 e. The van der Waals surface area contributed by atoms with Gasteiger partial charge in [-0.1, -0.05) is 20.8 Å². The molecule has 0 aromatic carbocycles. The summed E-state index contributed by atoms with van der Waals surface area (Å²) in [4.78, 5) is 15.1. The van der Waals surface area contributed by atoms with E-state index in [0.29, 0.717) is 11.8 Å². The summed E-state index contributed by atoms with van der Waals surface area (Å²) in [6, 6.07) is 0.217. The number of nitrogens with zero attached hydrogens (tertiary/aromatic N) is 1. The van der Waals surface area contributed by atoms with Gasteiger partial charge in [0.1, 0.15) is 0 Å². The number of rotatable bonds is 2. The maximum absolute atomic E-state index is 13.1. The molecule has 0 spiro atoms. The molecule has 0 bridgehead atoms. The van der Waals surface area contributed by atoms with Crippen LogP contribution in [0.25, 0.3) is 0 Å². The maximum atomic E-state index is 13.1. The molecule has 2 aliphatic rings. The fraction of sp³-hybridized carbons (Fsp3) is 0.941. The van der Waals surface area contributed by atoms with E-state index in [2.05, 4.69) is 27.7 Å². The minimum absolute atomic E-state index is 0.0321. The Morgan fingerprint density at radius 3 is 2.57 bits per heavy atom. The zero-order chi connectivity index (χ0) is 15.8. The number of hydrogen-bond acceptors (Lipinski definition) is 3. The molecule has 1 heterocycles. The Hall–Kier alpha value is -0.610. The maximum Gasteiger partial charge on any atom is 0.226 e. The summed E-state index contributed by atoms with van der Waals surface area (Å²) < 4.78 is 5.62. The number of piperidine rings is 1. The number of hydrogen-bond donors (Lipinski definition) is 1. The van der Waals surface area contributed by atoms with Crippen molar-refractivity contribution < 1.29 is 9.53 Å². The second-order valence-electron chi connectivity index (χ2n) is 7.92. The van der Waals surface area contributed by atoms with Crippen molar-refractivity contribution in [2.45, 2.75) is 65.0 Å². The summed E-state index contributed by atoms with van der Waals surface area (Å²) in [6.07, 6.45) is 3.93. The van der Waals surface area contributed by atoms with Crippen LogP contribution in [0, 0.1) is 17.3 Å². The molecule has 0 aromatic rings. The van der Waals surface area contributed by atoms with Gasteiger partial charge in [-0.05, 0) is 43.9 Å². The summed E-state index contributed by atoms with van der Waals surface area (Å²) in [5.41, 5.74) is 6.00. The van der Waals surface area contributed by atoms with Crippen molar-refractivity contribution in [3.8, 4) is 0 Å². The van der Waals surface area contributed by atoms with E-state index in [1.54, 1.807) is 7.11 Å². The molecule has 2 N–H and O–H groups in total. The van der Waals surface area contributed by atoms with Crippen molar-refractivity contribution in [1.29, 1.82) is 0 Å². The van der Waals surface area contributed by atoms with Crippen molar-refractivity contribution in [3.63, 3.8) is 0 Å². The van der Waals surface area contributed by atoms with Gasteiger partial charge in [-0.15, -0.1) is 0 Å². The molecule has 0 radical (unpaired) electrons. The molecule has 2 rings (SSSR count). The van der Waals surface area contributed by atoms with Gasteiger partial charge in [0, 0.05) is 32.2 Å². The van der Waals surface area contributed by atoms with Crippen molar-refractivity contribution in [2.24, 2.45) is 23.0 Å². The molecule has 1 saturated carbocycles. The third-order valence-electron chi connectivity index (χ3n) is 6.26. The molecular formula is C17H32N2O2. The Balaban J connectivity index is 2.12. The van der Waals surface area contributed by atoms with Gasteiger partial charge in [-0.25, -0.2) is 0 Å². The molecule has 1 aliphatic carbocycles. The Bertz CT molecular complexity index is 396. The normalized spacial score (nSPS) is 40.1. The molecule has 4 unspecified atom stereocenters. The quantitative estimate of drug-likeness (QED) is 0.851. The van der Waals surface area contributed by atoms with E-state index in [9.17, 15) is 4.79 Å². The van der Waals surface area contributed by atoms with Crippen LogP contribution in [0.4, 0.5) is 0 Å². The average Bonchev–Trinajstić information content (AvgIpc) is 2.44. The van der Waals surface area contributed by atoms with E-state index in [-0.39, 0.29) is 23.0 Å². The highest BCUT2D eigenvalue weighted by molar-refractivity contribution is 5.80. The molecule has 0 aromatic heterocycles. The van der Waals surface area contributed by atoms with Gasteiger partial charge < -0.3 is 15.4 Å². The molecule has 1 amide bonds. The van der Waals surface area contributed by atoms with Gasteiger partial charge in [0.2, 0.25) is 5.91 Å². The van der Waals surface area contributed by atoms with Gasteiger partial charge in [-0.2, -0.15) is 0 Å². The smallest absolute Gasteiger partial charge is 0.226 e. The molecule has 4 nitrogen and oxygen atoms in total. The number of amides is 1. The van der Waals surface area contributed by atoms with Crippen LogP contribution in [0.5, 0.6) is 0 Å². The number of ether oxygens (including phenoxy) is 1. The van der Waals surface area contributed by atoms with E-state index < -0.39 is 0 Å². The van der Waals surface area contributed by atoms with E-state index in [0.717, 1.165) is 38.8 Å². The van der Waals surface area contributed by atoms with Crippen LogP contribution in [0.2, 0.25) is 0 Å². The number of nitrogens with two attached hydrogens (primary N) is 1. The van der Waals surface area contributed by atoms with Crippen LogP contribution in [0.1, 0.15) is 53.4 Å². The zero-order valence-electron chi connectivity index (χ0n) is 14.3. The summed E-state index contributed by atoms with van der Waals surface area (Å²) in [5, 5.41) is 0. The van der Waals surface area contributed by atoms with Crippen molar-refractivity contribution in [2.75, 3.05) is 20.2 Å². The fourth-order valence-electron chi connectivity index (χ4n) is 4.07. The lowest BCUT2D eigenvalue weighted by Crippen LogP contribution is -2.56. The molecule has 1 aliphatic heterocycles. The molecule has 4 heteroatoms. The average molecular weight is 296 g/mol. The number of carbonyl (C=O) groups is 1. The van der Waals surface area contributed by atoms with E-state index >= 15 is 0 Å². The lowest BCUT2D eigenvalue weighted by Gasteiger charge is -2.49. The van der Waals surface area contributed by atoms with Crippen molar-refractivity contribution >= 4 is 5.91 Å². The van der Waals surface area contributed by atoms with Crippen LogP contribution in [-0.2, 0) is 9.53 Å². The standard InChI is InChI=1S/C17H32N2O2/c1-12-14(18)8-7-13(16(12,2)3)15(20)19-10-6-9-17(4,11-19)21-5/h12-14H,6-11,18H2,1-5H3. The SMILES string of the molecule is COC1(C)CCCN(C(=O)C2CCC(N)C(C)C2(C)C)C1. The highest BCUT2D eigenvalue weighted by Crippen LogP contribution is 2.45. The zero-order valence-corrected chi connectivity index (χ0v) is 14.3. The first-order valence-corrected chi connectivity index (χ1v) is 8.31. The predicted molar refractivity (Wildman–Crippen MR) is 84.9 cm³/mol. The Morgan fingerprint density at radius 2 is 1.95 bits per heavy atom. The third kappa shape index (κ3) is 3.11. The minimum atomic E-state index is -0.186. The lowest BCUT2D eigenvalue weighted by molar-refractivity contribution is -0.151. The molecule has 4 atom stereocenters. The van der Waals surface area contributed by atoms with Crippen molar-refractivity contribution in [1.82, 2.24) is 4.90 Å². The summed E-state index contributed by atoms with van der Waals surface area (Å²) in [6.45, 7) is 10.3. The molecule has 21 heavy (non-hydrogen) atoms. The van der Waals surface area contributed by atoms with Crippen molar-refractivity contribution in [3.05, 3.63) is 0 Å². The highest BCUT2D eigenvalue weighted by atomic mass is 16.5. The van der Waals surface area contributed by atoms with E-state index in [1.165, 1.54) is 0 Å². The van der Waals surface area contributed by atoms with Crippen LogP contribution in [-0.4, -0.2) is 42.6 Å². The predicted octanol–water partition coefficient (Wildman–Crippen LogP) is 2.41. The fourth-order valence-corrected chi connectivity index (χ4v) is 4.07. The Labute approximate surface area is 129 Å². The van der Waals surface area contributed by atoms with Gasteiger partial charge in [0.05, 0.1) is 5.60 Å². The van der Waals surface area contributed by atoms with Gasteiger partial charge in [0.15, 0.2) is 0 Å². The molecule has 2 fully saturated rings. The van der Waals surface area contributed by atoms with Gasteiger partial charge in [-0.3, -0.25) is 4.79 Å². The van der Waals surface area contributed by atoms with Crippen LogP contribution in [0.3, 0.4) is 0 Å². The number of carbonyl (C=O) groups excluding carboxylic acids is 1. The van der Waals surface area contributed by atoms with Crippen LogP contribution < -0.4 is 5.73 Å². The Kier molecular flexibility index (Phi) is 4.69. The largest absolute Gasteiger partial charge is 0.377 e. The molecular weight excluding hydrogens is 264 g/mol. The monoisotopic (exact) mass is 296 g/mol.